The summed E-state index contributed by atoms with van der Waals surface area (Å²) in [5, 5.41) is 18.2. The average molecular weight is 204 g/mol. The van der Waals surface area contributed by atoms with Gasteiger partial charge >= 0.3 is 7.12 Å². The smallest absolute Gasteiger partial charge is 0.426 e. The fraction of sp³-hybridized carbons (Fsp3) is 0.364. The van der Waals surface area contributed by atoms with E-state index in [-0.39, 0.29) is 12.2 Å². The van der Waals surface area contributed by atoms with Crippen LogP contribution in [0.2, 0.25) is 0 Å². The van der Waals surface area contributed by atoms with E-state index in [1.807, 2.05) is 30.3 Å². The Morgan fingerprint density at radius 1 is 1.20 bits per heavy atom. The minimum atomic E-state index is -1.47. The number of carbonyl (C=O) groups is 1. The average Bonchev–Trinajstić information content (AvgIpc) is 2.63. The molecule has 0 radical (unpaired) electrons. The van der Waals surface area contributed by atoms with Crippen molar-refractivity contribution >= 4 is 12.9 Å². The molecule has 1 atom stereocenters. The van der Waals surface area contributed by atoms with Crippen LogP contribution < -0.4 is 0 Å². The van der Waals surface area contributed by atoms with Crippen LogP contribution in [0.5, 0.6) is 0 Å². The van der Waals surface area contributed by atoms with Crippen molar-refractivity contribution < 1.29 is 14.8 Å². The van der Waals surface area contributed by atoms with Gasteiger partial charge in [0.2, 0.25) is 0 Å². The van der Waals surface area contributed by atoms with Gasteiger partial charge in [0.15, 0.2) is 0 Å². The van der Waals surface area contributed by atoms with Crippen molar-refractivity contribution in [2.45, 2.75) is 24.6 Å². The van der Waals surface area contributed by atoms with Gasteiger partial charge in [-0.05, 0) is 12.0 Å². The molecular weight excluding hydrogens is 191 g/mol. The van der Waals surface area contributed by atoms with Gasteiger partial charge in [-0.1, -0.05) is 30.3 Å². The first kappa shape index (κ1) is 10.4. The number of hydrogen-bond donors (Lipinski definition) is 2. The Bertz CT molecular complexity index is 363. The Hall–Kier alpha value is -1.13. The second-order valence-electron chi connectivity index (χ2n) is 4.11. The van der Waals surface area contributed by atoms with E-state index in [0.717, 1.165) is 5.56 Å². The monoisotopic (exact) mass is 204 g/mol. The van der Waals surface area contributed by atoms with Crippen molar-refractivity contribution in [3.8, 4) is 0 Å². The van der Waals surface area contributed by atoms with E-state index >= 15 is 0 Å². The Morgan fingerprint density at radius 3 is 2.33 bits per heavy atom. The molecule has 1 saturated carbocycles. The van der Waals surface area contributed by atoms with Gasteiger partial charge in [-0.3, -0.25) is 4.79 Å². The molecule has 0 saturated heterocycles. The first-order valence-electron chi connectivity index (χ1n) is 5.08. The molecule has 1 fully saturated rings. The number of carbonyl (C=O) groups excluding carboxylic acids is 1. The Kier molecular flexibility index (Phi) is 2.63. The van der Waals surface area contributed by atoms with Crippen molar-refractivity contribution in [1.29, 1.82) is 0 Å². The van der Waals surface area contributed by atoms with Crippen LogP contribution in [-0.4, -0.2) is 22.9 Å². The molecule has 1 aromatic carbocycles. The molecule has 2 N–H and O–H groups in total. The number of hydrogen-bond acceptors (Lipinski definition) is 3. The zero-order chi connectivity index (χ0) is 10.9. The largest absolute Gasteiger partial charge is 0.463 e. The van der Waals surface area contributed by atoms with Crippen molar-refractivity contribution in [1.82, 2.24) is 0 Å². The van der Waals surface area contributed by atoms with Crippen LogP contribution in [0.15, 0.2) is 30.3 Å². The van der Waals surface area contributed by atoms with Gasteiger partial charge in [0.1, 0.15) is 5.78 Å². The summed E-state index contributed by atoms with van der Waals surface area (Å²) in [6.07, 6.45) is 1.19. The van der Waals surface area contributed by atoms with Gasteiger partial charge in [0.05, 0.1) is 0 Å². The fourth-order valence-corrected chi connectivity index (χ4v) is 2.28. The third-order valence-corrected chi connectivity index (χ3v) is 3.21. The second-order valence-corrected chi connectivity index (χ2v) is 4.11. The molecule has 0 aromatic heterocycles. The minimum Gasteiger partial charge on any atom is -0.426 e. The maximum atomic E-state index is 11.3. The van der Waals surface area contributed by atoms with E-state index in [4.69, 9.17) is 0 Å². The van der Waals surface area contributed by atoms with Gasteiger partial charge in [-0.25, -0.2) is 0 Å². The Balaban J connectivity index is 2.40. The molecule has 3 nitrogen and oxygen atoms in total. The van der Waals surface area contributed by atoms with Crippen molar-refractivity contribution in [3.05, 3.63) is 35.9 Å². The molecule has 0 bridgehead atoms. The number of rotatable bonds is 2. The summed E-state index contributed by atoms with van der Waals surface area (Å²) in [6.45, 7) is 0. The predicted molar refractivity (Wildman–Crippen MR) is 57.2 cm³/mol. The highest BCUT2D eigenvalue weighted by atomic mass is 16.4. The molecule has 1 aliphatic carbocycles. The highest BCUT2D eigenvalue weighted by Crippen LogP contribution is 2.39. The van der Waals surface area contributed by atoms with E-state index in [1.165, 1.54) is 0 Å². The van der Waals surface area contributed by atoms with Crippen molar-refractivity contribution in [2.24, 2.45) is 0 Å². The zero-order valence-corrected chi connectivity index (χ0v) is 8.39. The third-order valence-electron chi connectivity index (χ3n) is 3.21. The van der Waals surface area contributed by atoms with Gasteiger partial charge in [0.25, 0.3) is 0 Å². The molecule has 0 aliphatic heterocycles. The lowest BCUT2D eigenvalue weighted by Gasteiger charge is -2.27. The van der Waals surface area contributed by atoms with Crippen LogP contribution in [0, 0.1) is 0 Å². The summed E-state index contributed by atoms with van der Waals surface area (Å²) in [6, 6.07) is 9.26. The molecule has 78 valence electrons. The second kappa shape index (κ2) is 3.79. The Morgan fingerprint density at radius 2 is 1.87 bits per heavy atom. The molecule has 1 aliphatic rings. The van der Waals surface area contributed by atoms with E-state index in [9.17, 15) is 14.8 Å². The first-order valence-corrected chi connectivity index (χ1v) is 5.08. The molecule has 2 rings (SSSR count). The van der Waals surface area contributed by atoms with Gasteiger partial charge in [0, 0.05) is 18.2 Å². The van der Waals surface area contributed by atoms with Crippen LogP contribution in [-0.2, 0) is 10.1 Å². The quantitative estimate of drug-likeness (QED) is 0.696. The third kappa shape index (κ3) is 1.71. The maximum absolute atomic E-state index is 11.3. The van der Waals surface area contributed by atoms with E-state index in [2.05, 4.69) is 0 Å². The topological polar surface area (TPSA) is 57.5 Å². The number of benzene rings is 1. The van der Waals surface area contributed by atoms with E-state index in [0.29, 0.717) is 12.8 Å². The summed E-state index contributed by atoms with van der Waals surface area (Å²) in [5.41, 5.74) is 0.839. The van der Waals surface area contributed by atoms with Crippen LogP contribution in [0.1, 0.15) is 24.8 Å². The zero-order valence-electron chi connectivity index (χ0n) is 8.39. The molecule has 4 heteroatoms. The molecule has 0 amide bonds. The molecule has 0 heterocycles. The number of ketones is 1. The molecule has 1 aromatic rings. The lowest BCUT2D eigenvalue weighted by Crippen LogP contribution is -2.41. The molecular formula is C11H13BO3. The highest BCUT2D eigenvalue weighted by molar-refractivity contribution is 6.46. The Labute approximate surface area is 88.9 Å². The van der Waals surface area contributed by atoms with E-state index in [1.54, 1.807) is 0 Å². The predicted octanol–water partition coefficient (Wildman–Crippen LogP) is 0.689. The molecule has 15 heavy (non-hydrogen) atoms. The van der Waals surface area contributed by atoms with Crippen molar-refractivity contribution in [2.75, 3.05) is 0 Å². The summed E-state index contributed by atoms with van der Waals surface area (Å²) in [5.74, 6) is 0.104. The fourth-order valence-electron chi connectivity index (χ4n) is 2.28. The normalized spacial score (nSPS) is 25.6. The van der Waals surface area contributed by atoms with Gasteiger partial charge in [-0.2, -0.15) is 0 Å². The lowest BCUT2D eigenvalue weighted by molar-refractivity contribution is -0.117. The number of Topliss-reactive ketones (excluding diaryl/α,β-unsaturated/α-hetero) is 1. The molecule has 0 unspecified atom stereocenters. The standard InChI is InChI=1S/C11H13BO3/c13-10-6-7-11(8-10,12(14)15)9-4-2-1-3-5-9/h1-5,14-15H,6-8H2/t11-/m0/s1. The van der Waals surface area contributed by atoms with Crippen LogP contribution in [0.3, 0.4) is 0 Å². The van der Waals surface area contributed by atoms with Gasteiger partial charge in [-0.15, -0.1) is 0 Å². The van der Waals surface area contributed by atoms with Crippen molar-refractivity contribution in [3.63, 3.8) is 0 Å². The lowest BCUT2D eigenvalue weighted by atomic mass is 9.53. The maximum Gasteiger partial charge on any atom is 0.463 e. The first-order chi connectivity index (χ1) is 7.15. The highest BCUT2D eigenvalue weighted by Gasteiger charge is 2.48. The summed E-state index contributed by atoms with van der Waals surface area (Å²) in [7, 11) is -1.47. The summed E-state index contributed by atoms with van der Waals surface area (Å²) < 4.78 is 0. The van der Waals surface area contributed by atoms with E-state index < -0.39 is 12.4 Å². The molecule has 0 spiro atoms. The minimum absolute atomic E-state index is 0.104. The van der Waals surface area contributed by atoms with Crippen LogP contribution >= 0.6 is 0 Å². The summed E-state index contributed by atoms with van der Waals surface area (Å²) >= 11 is 0. The van der Waals surface area contributed by atoms with Crippen LogP contribution in [0.25, 0.3) is 0 Å². The summed E-state index contributed by atoms with van der Waals surface area (Å²) in [4.78, 5) is 11.3. The SMILES string of the molecule is O=C1CC[C@@](B(O)O)(c2ccccc2)C1. The van der Waals surface area contributed by atoms with Gasteiger partial charge < -0.3 is 10.0 Å². The van der Waals surface area contributed by atoms with Crippen LogP contribution in [0.4, 0.5) is 0 Å².